The molecule has 0 aliphatic rings. The number of benzene rings is 2. The highest BCUT2D eigenvalue weighted by atomic mass is 16.1. The Labute approximate surface area is 127 Å². The van der Waals surface area contributed by atoms with E-state index in [0.717, 1.165) is 18.7 Å². The zero-order chi connectivity index (χ0) is 15.2. The Kier molecular flexibility index (Phi) is 5.29. The Balaban J connectivity index is 1.86. The van der Waals surface area contributed by atoms with Gasteiger partial charge in [-0.1, -0.05) is 54.1 Å². The zero-order valence-corrected chi connectivity index (χ0v) is 13.1. The number of rotatable bonds is 6. The average Bonchev–Trinajstić information content (AvgIpc) is 2.48. The number of Topliss-reactive ketones (excluding diaryl/α,β-unsaturated/α-hetero) is 1. The summed E-state index contributed by atoms with van der Waals surface area (Å²) in [6, 6.07) is 16.2. The van der Waals surface area contributed by atoms with E-state index in [1.165, 1.54) is 16.7 Å². The van der Waals surface area contributed by atoms with E-state index >= 15 is 0 Å². The maximum atomic E-state index is 12.2. The molecule has 0 bridgehead atoms. The fraction of sp³-hybridized carbons (Fsp3) is 0.316. The first-order valence-electron chi connectivity index (χ1n) is 7.39. The van der Waals surface area contributed by atoms with E-state index in [1.807, 2.05) is 31.2 Å². The molecule has 0 spiro atoms. The Bertz CT molecular complexity index is 601. The van der Waals surface area contributed by atoms with Gasteiger partial charge in [0.05, 0.1) is 0 Å². The van der Waals surface area contributed by atoms with Crippen LogP contribution in [0.2, 0.25) is 0 Å². The van der Waals surface area contributed by atoms with Gasteiger partial charge in [0.2, 0.25) is 0 Å². The molecule has 2 rings (SSSR count). The third-order valence-electron chi connectivity index (χ3n) is 3.80. The summed E-state index contributed by atoms with van der Waals surface area (Å²) in [6.07, 6.45) is 0.561. The lowest BCUT2D eigenvalue weighted by molar-refractivity contribution is 0.0968. The maximum absolute atomic E-state index is 12.2. The minimum Gasteiger partial charge on any atom is -0.302 e. The second-order valence-corrected chi connectivity index (χ2v) is 5.70. The summed E-state index contributed by atoms with van der Waals surface area (Å²) >= 11 is 0. The van der Waals surface area contributed by atoms with Crippen LogP contribution in [0.5, 0.6) is 0 Å². The van der Waals surface area contributed by atoms with E-state index in [2.05, 4.69) is 43.1 Å². The van der Waals surface area contributed by atoms with Crippen molar-refractivity contribution in [1.82, 2.24) is 4.90 Å². The number of aryl methyl sites for hydroxylation is 2. The van der Waals surface area contributed by atoms with Gasteiger partial charge in [-0.25, -0.2) is 0 Å². The summed E-state index contributed by atoms with van der Waals surface area (Å²) in [4.78, 5) is 14.4. The number of hydrogen-bond donors (Lipinski definition) is 0. The van der Waals surface area contributed by atoms with Crippen molar-refractivity contribution >= 4 is 5.78 Å². The Morgan fingerprint density at radius 2 is 1.67 bits per heavy atom. The summed E-state index contributed by atoms with van der Waals surface area (Å²) in [5.41, 5.74) is 4.62. The van der Waals surface area contributed by atoms with Gasteiger partial charge in [-0.15, -0.1) is 0 Å². The molecule has 0 heterocycles. The summed E-state index contributed by atoms with van der Waals surface area (Å²) in [7, 11) is 2.06. The molecule has 0 atom stereocenters. The Hall–Kier alpha value is -1.93. The Morgan fingerprint density at radius 3 is 2.33 bits per heavy atom. The van der Waals surface area contributed by atoms with Crippen LogP contribution >= 0.6 is 0 Å². The molecule has 2 heteroatoms. The lowest BCUT2D eigenvalue weighted by Crippen LogP contribution is -2.22. The number of carbonyl (C=O) groups excluding carboxylic acids is 1. The van der Waals surface area contributed by atoms with Crippen LogP contribution in [0.1, 0.15) is 33.5 Å². The van der Waals surface area contributed by atoms with Gasteiger partial charge in [-0.05, 0) is 32.0 Å². The summed E-state index contributed by atoms with van der Waals surface area (Å²) in [5, 5.41) is 0. The molecule has 2 aromatic rings. The molecule has 0 N–H and O–H groups in total. The molecule has 0 fully saturated rings. The predicted molar refractivity (Wildman–Crippen MR) is 87.6 cm³/mol. The molecular weight excluding hydrogens is 258 g/mol. The van der Waals surface area contributed by atoms with Crippen LogP contribution in [0.4, 0.5) is 0 Å². The molecular formula is C19H23NO. The fourth-order valence-electron chi connectivity index (χ4n) is 2.33. The second kappa shape index (κ2) is 7.19. The second-order valence-electron chi connectivity index (χ2n) is 5.70. The molecule has 0 aliphatic carbocycles. The first-order chi connectivity index (χ1) is 10.1. The van der Waals surface area contributed by atoms with Crippen molar-refractivity contribution in [3.8, 4) is 0 Å². The molecule has 0 saturated carbocycles. The summed E-state index contributed by atoms with van der Waals surface area (Å²) in [5.74, 6) is 0.214. The van der Waals surface area contributed by atoms with Gasteiger partial charge in [0, 0.05) is 25.1 Å². The standard InChI is InChI=1S/C19H23NO/c1-15-8-10-17(11-9-15)19(21)12-13-20(3)14-18-7-5-4-6-16(18)2/h4-11H,12-14H2,1-3H3. The molecule has 0 radical (unpaired) electrons. The molecule has 110 valence electrons. The quantitative estimate of drug-likeness (QED) is 0.746. The monoisotopic (exact) mass is 281 g/mol. The zero-order valence-electron chi connectivity index (χ0n) is 13.1. The minimum absolute atomic E-state index is 0.214. The van der Waals surface area contributed by atoms with Crippen molar-refractivity contribution in [3.63, 3.8) is 0 Å². The van der Waals surface area contributed by atoms with Crippen molar-refractivity contribution < 1.29 is 4.79 Å². The van der Waals surface area contributed by atoms with Gasteiger partial charge in [0.15, 0.2) is 5.78 Å². The van der Waals surface area contributed by atoms with Crippen molar-refractivity contribution in [3.05, 3.63) is 70.8 Å². The van der Waals surface area contributed by atoms with Crippen LogP contribution in [-0.2, 0) is 6.54 Å². The van der Waals surface area contributed by atoms with Gasteiger partial charge in [-0.3, -0.25) is 4.79 Å². The van der Waals surface area contributed by atoms with E-state index < -0.39 is 0 Å². The highest BCUT2D eigenvalue weighted by Gasteiger charge is 2.08. The maximum Gasteiger partial charge on any atom is 0.164 e. The van der Waals surface area contributed by atoms with E-state index in [4.69, 9.17) is 0 Å². The van der Waals surface area contributed by atoms with Crippen molar-refractivity contribution in [2.45, 2.75) is 26.8 Å². The number of carbonyl (C=O) groups is 1. The van der Waals surface area contributed by atoms with Crippen LogP contribution in [0.15, 0.2) is 48.5 Å². The molecule has 0 aromatic heterocycles. The summed E-state index contributed by atoms with van der Waals surface area (Å²) < 4.78 is 0. The smallest absolute Gasteiger partial charge is 0.164 e. The first-order valence-corrected chi connectivity index (χ1v) is 7.39. The predicted octanol–water partition coefficient (Wildman–Crippen LogP) is 4.01. The van der Waals surface area contributed by atoms with E-state index in [9.17, 15) is 4.79 Å². The minimum atomic E-state index is 0.214. The third-order valence-corrected chi connectivity index (χ3v) is 3.80. The van der Waals surface area contributed by atoms with Crippen LogP contribution < -0.4 is 0 Å². The van der Waals surface area contributed by atoms with Crippen LogP contribution in [0.25, 0.3) is 0 Å². The molecule has 0 aliphatic heterocycles. The third kappa shape index (κ3) is 4.54. The van der Waals surface area contributed by atoms with Gasteiger partial charge < -0.3 is 4.90 Å². The molecule has 21 heavy (non-hydrogen) atoms. The lowest BCUT2D eigenvalue weighted by Gasteiger charge is -2.17. The van der Waals surface area contributed by atoms with Gasteiger partial charge in [0.25, 0.3) is 0 Å². The van der Waals surface area contributed by atoms with Crippen molar-refractivity contribution in [1.29, 1.82) is 0 Å². The number of ketones is 1. The van der Waals surface area contributed by atoms with Crippen LogP contribution in [0.3, 0.4) is 0 Å². The lowest BCUT2D eigenvalue weighted by atomic mass is 10.1. The molecule has 0 amide bonds. The Morgan fingerprint density at radius 1 is 1.00 bits per heavy atom. The van der Waals surface area contributed by atoms with E-state index in [1.54, 1.807) is 0 Å². The van der Waals surface area contributed by atoms with Gasteiger partial charge in [-0.2, -0.15) is 0 Å². The first kappa shape index (κ1) is 15.5. The number of nitrogens with zero attached hydrogens (tertiary/aromatic N) is 1. The van der Waals surface area contributed by atoms with Gasteiger partial charge in [0.1, 0.15) is 0 Å². The summed E-state index contributed by atoms with van der Waals surface area (Å²) in [6.45, 7) is 5.82. The van der Waals surface area contributed by atoms with Crippen LogP contribution in [0, 0.1) is 13.8 Å². The van der Waals surface area contributed by atoms with Gasteiger partial charge >= 0.3 is 0 Å². The topological polar surface area (TPSA) is 20.3 Å². The molecule has 0 unspecified atom stereocenters. The molecule has 2 aromatic carbocycles. The largest absolute Gasteiger partial charge is 0.302 e. The number of hydrogen-bond acceptors (Lipinski definition) is 2. The molecule has 0 saturated heterocycles. The normalized spacial score (nSPS) is 10.9. The van der Waals surface area contributed by atoms with E-state index in [0.29, 0.717) is 6.42 Å². The fourth-order valence-corrected chi connectivity index (χ4v) is 2.33. The molecule has 2 nitrogen and oxygen atoms in total. The average molecular weight is 281 g/mol. The van der Waals surface area contributed by atoms with E-state index in [-0.39, 0.29) is 5.78 Å². The highest BCUT2D eigenvalue weighted by molar-refractivity contribution is 5.96. The SMILES string of the molecule is Cc1ccc(C(=O)CCN(C)Cc2ccccc2C)cc1. The van der Waals surface area contributed by atoms with Crippen molar-refractivity contribution in [2.24, 2.45) is 0 Å². The highest BCUT2D eigenvalue weighted by Crippen LogP contribution is 2.11. The van der Waals surface area contributed by atoms with Crippen LogP contribution in [-0.4, -0.2) is 24.3 Å². The van der Waals surface area contributed by atoms with Crippen molar-refractivity contribution in [2.75, 3.05) is 13.6 Å².